The van der Waals surface area contributed by atoms with Gasteiger partial charge in [0.2, 0.25) is 0 Å². The molecule has 7 nitrogen and oxygen atoms in total. The van der Waals surface area contributed by atoms with Crippen LogP contribution < -0.4 is 0 Å². The van der Waals surface area contributed by atoms with Gasteiger partial charge in [-0.1, -0.05) is 0 Å². The van der Waals surface area contributed by atoms with Crippen molar-refractivity contribution in [1.29, 1.82) is 0 Å². The van der Waals surface area contributed by atoms with E-state index >= 15 is 0 Å². The second kappa shape index (κ2) is 9.47. The lowest BCUT2D eigenvalue weighted by atomic mass is 10.7. The molecule has 0 spiro atoms. The average Bonchev–Trinajstić information content (AvgIpc) is 2.24. The molecular weight excluding hydrogens is 239 g/mol. The van der Waals surface area contributed by atoms with Crippen molar-refractivity contribution in [2.24, 2.45) is 0 Å². The van der Waals surface area contributed by atoms with Crippen molar-refractivity contribution >= 4 is 20.5 Å². The predicted octanol–water partition coefficient (Wildman–Crippen LogP) is 0.365. The van der Waals surface area contributed by atoms with Crippen LogP contribution in [0.5, 0.6) is 0 Å². The van der Waals surface area contributed by atoms with Crippen molar-refractivity contribution in [3.8, 4) is 0 Å². The van der Waals surface area contributed by atoms with E-state index in [-0.39, 0.29) is 13.2 Å². The Morgan fingerprint density at radius 2 is 1.38 bits per heavy atom. The summed E-state index contributed by atoms with van der Waals surface area (Å²) in [5.41, 5.74) is 0. The van der Waals surface area contributed by atoms with E-state index in [1.807, 2.05) is 0 Å². The third-order valence-corrected chi connectivity index (χ3v) is 1.90. The molecule has 0 fully saturated rings. The van der Waals surface area contributed by atoms with Gasteiger partial charge < -0.3 is 23.4 Å². The van der Waals surface area contributed by atoms with Crippen LogP contribution in [-0.4, -0.2) is 43.3 Å². The third kappa shape index (κ3) is 8.55. The summed E-state index contributed by atoms with van der Waals surface area (Å²) in [5, 5.41) is 0. The molecule has 0 rings (SSSR count). The van der Waals surface area contributed by atoms with Crippen LogP contribution in [0.15, 0.2) is 0 Å². The number of esters is 2. The number of ether oxygens (including phenoxy) is 2. The van der Waals surface area contributed by atoms with Crippen molar-refractivity contribution < 1.29 is 33.0 Å². The minimum absolute atomic E-state index is 0.231. The summed E-state index contributed by atoms with van der Waals surface area (Å²) >= 11 is 0. The summed E-state index contributed by atoms with van der Waals surface area (Å²) in [4.78, 5) is 30.7. The molecule has 1 N–H and O–H groups in total. The molecule has 0 amide bonds. The molecule has 0 bridgehead atoms. The molecular formula is C8H15O7P. The largest absolute Gasteiger partial charge is 0.464 e. The lowest BCUT2D eigenvalue weighted by Crippen LogP contribution is -2.13. The van der Waals surface area contributed by atoms with Crippen LogP contribution in [0.2, 0.25) is 0 Å². The molecule has 8 heteroatoms. The normalized spacial score (nSPS) is 10.2. The van der Waals surface area contributed by atoms with Crippen LogP contribution in [0.1, 0.15) is 13.8 Å². The minimum atomic E-state index is -2.27. The first-order chi connectivity index (χ1) is 7.60. The molecule has 0 aliphatic rings. The number of rotatable bonds is 8. The molecule has 16 heavy (non-hydrogen) atoms. The Balaban J connectivity index is 3.54. The second-order valence-electron chi connectivity index (χ2n) is 2.39. The van der Waals surface area contributed by atoms with E-state index in [0.29, 0.717) is 0 Å². The molecule has 0 atom stereocenters. The van der Waals surface area contributed by atoms with E-state index in [2.05, 4.69) is 18.5 Å². The first kappa shape index (κ1) is 15.2. The number of hydrogen-bond acceptors (Lipinski definition) is 7. The van der Waals surface area contributed by atoms with Crippen LogP contribution in [0.3, 0.4) is 0 Å². The maximum atomic E-state index is 10.8. The Hall–Kier alpha value is -0.750. The maximum absolute atomic E-state index is 10.8. The SMILES string of the molecule is CCOC(=O)COP(O)OCC(=O)OCC. The predicted molar refractivity (Wildman–Crippen MR) is 54.3 cm³/mol. The molecule has 0 aromatic carbocycles. The average molecular weight is 254 g/mol. The Kier molecular flexibility index (Phi) is 9.03. The maximum Gasteiger partial charge on any atom is 0.332 e. The molecule has 0 unspecified atom stereocenters. The first-order valence-electron chi connectivity index (χ1n) is 4.66. The van der Waals surface area contributed by atoms with E-state index in [1.165, 1.54) is 0 Å². The van der Waals surface area contributed by atoms with Gasteiger partial charge in [0.25, 0.3) is 0 Å². The van der Waals surface area contributed by atoms with Gasteiger partial charge in [-0.3, -0.25) is 0 Å². The van der Waals surface area contributed by atoms with Crippen molar-refractivity contribution in [2.45, 2.75) is 13.8 Å². The first-order valence-corrected chi connectivity index (χ1v) is 5.79. The van der Waals surface area contributed by atoms with Crippen molar-refractivity contribution in [1.82, 2.24) is 0 Å². The van der Waals surface area contributed by atoms with Gasteiger partial charge in [0.05, 0.1) is 13.2 Å². The minimum Gasteiger partial charge on any atom is -0.464 e. The second-order valence-corrected chi connectivity index (χ2v) is 3.39. The Morgan fingerprint density at radius 3 is 1.69 bits per heavy atom. The van der Waals surface area contributed by atoms with Gasteiger partial charge in [-0.15, -0.1) is 0 Å². The summed E-state index contributed by atoms with van der Waals surface area (Å²) < 4.78 is 18.3. The third-order valence-electron chi connectivity index (χ3n) is 1.20. The Bertz CT molecular complexity index is 198. The lowest BCUT2D eigenvalue weighted by Gasteiger charge is -2.09. The van der Waals surface area contributed by atoms with E-state index in [4.69, 9.17) is 4.89 Å². The molecule has 0 saturated heterocycles. The zero-order valence-corrected chi connectivity index (χ0v) is 10.1. The summed E-state index contributed by atoms with van der Waals surface area (Å²) in [5.74, 6) is -1.22. The van der Waals surface area contributed by atoms with Gasteiger partial charge in [0.1, 0.15) is 0 Å². The van der Waals surface area contributed by atoms with Gasteiger partial charge in [0.15, 0.2) is 13.2 Å². The van der Waals surface area contributed by atoms with Crippen LogP contribution in [0.25, 0.3) is 0 Å². The zero-order valence-electron chi connectivity index (χ0n) is 9.17. The molecule has 0 radical (unpaired) electrons. The number of carbonyl (C=O) groups excluding carboxylic acids is 2. The van der Waals surface area contributed by atoms with Crippen molar-refractivity contribution in [3.05, 3.63) is 0 Å². The van der Waals surface area contributed by atoms with E-state index < -0.39 is 33.8 Å². The highest BCUT2D eigenvalue weighted by Gasteiger charge is 2.13. The Labute approximate surface area is 94.6 Å². The van der Waals surface area contributed by atoms with Crippen LogP contribution in [-0.2, 0) is 28.1 Å². The molecule has 0 aromatic rings. The number of hydrogen-bond donors (Lipinski definition) is 1. The van der Waals surface area contributed by atoms with E-state index in [0.717, 1.165) is 0 Å². The lowest BCUT2D eigenvalue weighted by molar-refractivity contribution is -0.146. The highest BCUT2D eigenvalue weighted by Crippen LogP contribution is 2.32. The van der Waals surface area contributed by atoms with Gasteiger partial charge in [-0.2, -0.15) is 0 Å². The Morgan fingerprint density at radius 1 is 1.00 bits per heavy atom. The van der Waals surface area contributed by atoms with Crippen molar-refractivity contribution in [2.75, 3.05) is 26.4 Å². The molecule has 0 heterocycles. The molecule has 0 aliphatic heterocycles. The fourth-order valence-corrected chi connectivity index (χ4v) is 1.16. The van der Waals surface area contributed by atoms with Crippen molar-refractivity contribution in [3.63, 3.8) is 0 Å². The molecule has 0 aromatic heterocycles. The monoisotopic (exact) mass is 254 g/mol. The molecule has 94 valence electrons. The summed E-state index contributed by atoms with van der Waals surface area (Å²) in [6.45, 7) is 2.93. The highest BCUT2D eigenvalue weighted by molar-refractivity contribution is 7.40. The quantitative estimate of drug-likeness (QED) is 0.494. The zero-order chi connectivity index (χ0) is 12.4. The van der Waals surface area contributed by atoms with E-state index in [9.17, 15) is 9.59 Å². The van der Waals surface area contributed by atoms with Gasteiger partial charge >= 0.3 is 20.5 Å². The number of carbonyl (C=O) groups is 2. The smallest absolute Gasteiger partial charge is 0.332 e. The fourth-order valence-electron chi connectivity index (χ4n) is 0.658. The highest BCUT2D eigenvalue weighted by atomic mass is 31.2. The van der Waals surface area contributed by atoms with Gasteiger partial charge in [0, 0.05) is 0 Å². The molecule has 0 aliphatic carbocycles. The van der Waals surface area contributed by atoms with Crippen LogP contribution in [0, 0.1) is 0 Å². The van der Waals surface area contributed by atoms with Gasteiger partial charge in [-0.25, -0.2) is 9.59 Å². The summed E-state index contributed by atoms with van der Waals surface area (Å²) in [6.07, 6.45) is 0. The topological polar surface area (TPSA) is 91.3 Å². The van der Waals surface area contributed by atoms with E-state index in [1.54, 1.807) is 13.8 Å². The standard InChI is InChI=1S/C8H15O7P/c1-3-12-7(9)5-14-16(11)15-6-8(10)13-4-2/h11H,3-6H2,1-2H3. The van der Waals surface area contributed by atoms with Crippen LogP contribution in [0.4, 0.5) is 0 Å². The summed E-state index contributed by atoms with van der Waals surface area (Å²) in [6, 6.07) is 0. The van der Waals surface area contributed by atoms with Crippen LogP contribution >= 0.6 is 8.60 Å². The summed E-state index contributed by atoms with van der Waals surface area (Å²) in [7, 11) is -2.27. The fraction of sp³-hybridized carbons (Fsp3) is 0.750. The molecule has 0 saturated carbocycles. The van der Waals surface area contributed by atoms with Gasteiger partial charge in [-0.05, 0) is 13.8 Å².